The molecule has 0 radical (unpaired) electrons. The highest BCUT2D eigenvalue weighted by Gasteiger charge is 2.26. The van der Waals surface area contributed by atoms with Crippen molar-refractivity contribution in [2.45, 2.75) is 31.8 Å². The molecule has 112 valence electrons. The molecule has 2 aromatic rings. The molecule has 2 N–H and O–H groups in total. The molecule has 1 atom stereocenters. The lowest BCUT2D eigenvalue weighted by Gasteiger charge is -2.33. The molecule has 0 spiro atoms. The number of benzene rings is 1. The number of nitrogens with two attached hydrogens (primary N) is 1. The predicted molar refractivity (Wildman–Crippen MR) is 78.9 cm³/mol. The van der Waals surface area contributed by atoms with Crippen molar-refractivity contribution in [1.29, 1.82) is 0 Å². The van der Waals surface area contributed by atoms with E-state index in [0.29, 0.717) is 18.7 Å². The summed E-state index contributed by atoms with van der Waals surface area (Å²) in [6.07, 6.45) is 2.89. The van der Waals surface area contributed by atoms with E-state index in [1.165, 1.54) is 0 Å². The first kappa shape index (κ1) is 13.9. The second-order valence-electron chi connectivity index (χ2n) is 5.44. The average Bonchev–Trinajstić information content (AvgIpc) is 2.81. The van der Waals surface area contributed by atoms with Gasteiger partial charge in [-0.2, -0.15) is 0 Å². The standard InChI is InChI=1S/C15H19N3O3/c16-14(19)12-6-3-4-8-17(12)9-10-18-11-5-1-2-7-13(11)21-15(18)20/h1-2,5,7,12H,3-4,6,8-10H2,(H2,16,19). The van der Waals surface area contributed by atoms with Crippen LogP contribution in [0.4, 0.5) is 0 Å². The van der Waals surface area contributed by atoms with Gasteiger partial charge in [0.25, 0.3) is 0 Å². The quantitative estimate of drug-likeness (QED) is 0.908. The Balaban J connectivity index is 1.78. The molecule has 1 amide bonds. The van der Waals surface area contributed by atoms with Gasteiger partial charge in [-0.1, -0.05) is 18.6 Å². The fourth-order valence-electron chi connectivity index (χ4n) is 3.03. The lowest BCUT2D eigenvalue weighted by molar-refractivity contribution is -0.124. The van der Waals surface area contributed by atoms with Crippen molar-refractivity contribution >= 4 is 17.0 Å². The Morgan fingerprint density at radius 2 is 2.10 bits per heavy atom. The fraction of sp³-hybridized carbons (Fsp3) is 0.467. The third kappa shape index (κ3) is 2.71. The Labute approximate surface area is 122 Å². The van der Waals surface area contributed by atoms with Gasteiger partial charge in [0.05, 0.1) is 11.6 Å². The number of fused-ring (bicyclic) bond motifs is 1. The van der Waals surface area contributed by atoms with E-state index in [4.69, 9.17) is 10.2 Å². The predicted octanol–water partition coefficient (Wildman–Crippen LogP) is 0.934. The maximum atomic E-state index is 11.9. The number of amides is 1. The lowest BCUT2D eigenvalue weighted by atomic mass is 10.0. The van der Waals surface area contributed by atoms with Gasteiger partial charge in [0.2, 0.25) is 5.91 Å². The maximum absolute atomic E-state index is 11.9. The highest BCUT2D eigenvalue weighted by molar-refractivity contribution is 5.79. The van der Waals surface area contributed by atoms with Gasteiger partial charge in [0, 0.05) is 13.1 Å². The zero-order valence-corrected chi connectivity index (χ0v) is 11.8. The first-order valence-corrected chi connectivity index (χ1v) is 7.28. The molecule has 21 heavy (non-hydrogen) atoms. The van der Waals surface area contributed by atoms with Crippen LogP contribution in [0.2, 0.25) is 0 Å². The van der Waals surface area contributed by atoms with Crippen molar-refractivity contribution in [2.75, 3.05) is 13.1 Å². The number of carbonyl (C=O) groups is 1. The van der Waals surface area contributed by atoms with Crippen LogP contribution in [0.1, 0.15) is 19.3 Å². The van der Waals surface area contributed by atoms with E-state index in [1.807, 2.05) is 18.2 Å². The molecule has 0 saturated carbocycles. The number of carbonyl (C=O) groups excluding carboxylic acids is 1. The summed E-state index contributed by atoms with van der Waals surface area (Å²) < 4.78 is 6.82. The molecule has 1 fully saturated rings. The normalized spacial score (nSPS) is 19.9. The van der Waals surface area contributed by atoms with E-state index in [9.17, 15) is 9.59 Å². The Morgan fingerprint density at radius 3 is 2.90 bits per heavy atom. The summed E-state index contributed by atoms with van der Waals surface area (Å²) >= 11 is 0. The summed E-state index contributed by atoms with van der Waals surface area (Å²) in [5.74, 6) is -0.636. The van der Waals surface area contributed by atoms with Crippen LogP contribution in [0.3, 0.4) is 0 Å². The molecular weight excluding hydrogens is 270 g/mol. The number of rotatable bonds is 4. The van der Waals surface area contributed by atoms with E-state index in [1.54, 1.807) is 10.6 Å². The summed E-state index contributed by atoms with van der Waals surface area (Å²) in [6, 6.07) is 7.14. The number of likely N-dealkylation sites (tertiary alicyclic amines) is 1. The summed E-state index contributed by atoms with van der Waals surface area (Å²) in [5.41, 5.74) is 6.84. The highest BCUT2D eigenvalue weighted by Crippen LogP contribution is 2.17. The maximum Gasteiger partial charge on any atom is 0.419 e. The molecule has 3 rings (SSSR count). The van der Waals surface area contributed by atoms with Gasteiger partial charge in [-0.25, -0.2) is 4.79 Å². The van der Waals surface area contributed by atoms with E-state index < -0.39 is 0 Å². The van der Waals surface area contributed by atoms with Gasteiger partial charge < -0.3 is 10.2 Å². The minimum Gasteiger partial charge on any atom is -0.408 e. The molecule has 0 bridgehead atoms. The summed E-state index contributed by atoms with van der Waals surface area (Å²) in [5, 5.41) is 0. The van der Waals surface area contributed by atoms with Gasteiger partial charge in [0.1, 0.15) is 0 Å². The van der Waals surface area contributed by atoms with E-state index >= 15 is 0 Å². The van der Waals surface area contributed by atoms with Gasteiger partial charge in [0.15, 0.2) is 5.58 Å². The molecule has 6 heteroatoms. The van der Waals surface area contributed by atoms with Gasteiger partial charge in [-0.3, -0.25) is 14.3 Å². The van der Waals surface area contributed by atoms with Crippen molar-refractivity contribution in [3.05, 3.63) is 34.8 Å². The van der Waals surface area contributed by atoms with Crippen LogP contribution < -0.4 is 11.5 Å². The molecule has 1 aromatic carbocycles. The summed E-state index contributed by atoms with van der Waals surface area (Å²) in [7, 11) is 0. The number of hydrogen-bond donors (Lipinski definition) is 1. The van der Waals surface area contributed by atoms with Crippen LogP contribution in [0.5, 0.6) is 0 Å². The van der Waals surface area contributed by atoms with E-state index in [2.05, 4.69) is 4.90 Å². The second kappa shape index (κ2) is 5.73. The number of aromatic nitrogens is 1. The molecule has 1 saturated heterocycles. The van der Waals surface area contributed by atoms with Crippen molar-refractivity contribution in [2.24, 2.45) is 5.73 Å². The molecule has 1 unspecified atom stereocenters. The van der Waals surface area contributed by atoms with E-state index in [-0.39, 0.29) is 17.7 Å². The number of primary amides is 1. The number of piperidine rings is 1. The van der Waals surface area contributed by atoms with Crippen LogP contribution >= 0.6 is 0 Å². The van der Waals surface area contributed by atoms with Crippen LogP contribution in [-0.4, -0.2) is 34.5 Å². The molecule has 1 aliphatic rings. The average molecular weight is 289 g/mol. The van der Waals surface area contributed by atoms with Crippen LogP contribution in [0.25, 0.3) is 11.1 Å². The third-order valence-corrected chi connectivity index (χ3v) is 4.13. The fourth-order valence-corrected chi connectivity index (χ4v) is 3.03. The smallest absolute Gasteiger partial charge is 0.408 e. The largest absolute Gasteiger partial charge is 0.419 e. The molecule has 6 nitrogen and oxygen atoms in total. The zero-order chi connectivity index (χ0) is 14.8. The minimum atomic E-state index is -0.358. The lowest BCUT2D eigenvalue weighted by Crippen LogP contribution is -2.48. The molecule has 2 heterocycles. The Bertz CT molecular complexity index is 703. The Hall–Kier alpha value is -2.08. The molecular formula is C15H19N3O3. The minimum absolute atomic E-state index is 0.215. The molecule has 1 aliphatic heterocycles. The van der Waals surface area contributed by atoms with Gasteiger partial charge in [-0.05, 0) is 31.5 Å². The zero-order valence-electron chi connectivity index (χ0n) is 11.8. The number of nitrogens with zero attached hydrogens (tertiary/aromatic N) is 2. The highest BCUT2D eigenvalue weighted by atomic mass is 16.4. The first-order chi connectivity index (χ1) is 10.2. The van der Waals surface area contributed by atoms with Crippen molar-refractivity contribution in [3.8, 4) is 0 Å². The van der Waals surface area contributed by atoms with Crippen LogP contribution in [0.15, 0.2) is 33.5 Å². The van der Waals surface area contributed by atoms with Crippen LogP contribution in [-0.2, 0) is 11.3 Å². The first-order valence-electron chi connectivity index (χ1n) is 7.28. The Morgan fingerprint density at radius 1 is 1.29 bits per heavy atom. The van der Waals surface area contributed by atoms with Crippen molar-refractivity contribution in [1.82, 2.24) is 9.47 Å². The van der Waals surface area contributed by atoms with Gasteiger partial charge >= 0.3 is 5.76 Å². The number of hydrogen-bond acceptors (Lipinski definition) is 4. The van der Waals surface area contributed by atoms with E-state index in [0.717, 1.165) is 31.3 Å². The summed E-state index contributed by atoms with van der Waals surface area (Å²) in [4.78, 5) is 25.5. The molecule has 1 aromatic heterocycles. The topological polar surface area (TPSA) is 81.5 Å². The SMILES string of the molecule is NC(=O)C1CCCCN1CCn1c(=O)oc2ccccc21. The van der Waals surface area contributed by atoms with Crippen molar-refractivity contribution in [3.63, 3.8) is 0 Å². The molecule has 0 aliphatic carbocycles. The van der Waals surface area contributed by atoms with Crippen molar-refractivity contribution < 1.29 is 9.21 Å². The second-order valence-corrected chi connectivity index (χ2v) is 5.44. The third-order valence-electron chi connectivity index (χ3n) is 4.13. The van der Waals surface area contributed by atoms with Crippen LogP contribution in [0, 0.1) is 0 Å². The van der Waals surface area contributed by atoms with Gasteiger partial charge in [-0.15, -0.1) is 0 Å². The number of para-hydroxylation sites is 2. The number of oxazole rings is 1. The monoisotopic (exact) mass is 289 g/mol. The summed E-state index contributed by atoms with van der Waals surface area (Å²) in [6.45, 7) is 1.97. The Kier molecular flexibility index (Phi) is 3.79.